The Labute approximate surface area is 319 Å². The largest absolute Gasteiger partial charge is 0.494 e. The molecule has 0 saturated carbocycles. The van der Waals surface area contributed by atoms with Gasteiger partial charge in [-0.05, 0) is 132 Å². The maximum Gasteiger partial charge on any atom is 0.227 e. The summed E-state index contributed by atoms with van der Waals surface area (Å²) in [5, 5.41) is 10.2. The first-order valence-corrected chi connectivity index (χ1v) is 20.0. The highest BCUT2D eigenvalue weighted by atomic mass is 19.1. The number of halogens is 1. The molecule has 3 aromatic rings. The molecule has 3 saturated heterocycles. The second-order valence-corrected chi connectivity index (χ2v) is 14.7. The maximum atomic E-state index is 15.1. The van der Waals surface area contributed by atoms with Gasteiger partial charge in [-0.3, -0.25) is 14.4 Å². The first kappa shape index (κ1) is 39.4. The summed E-state index contributed by atoms with van der Waals surface area (Å²) in [6.45, 7) is 6.88. The number of anilines is 3. The van der Waals surface area contributed by atoms with Crippen molar-refractivity contribution in [2.45, 2.75) is 95.7 Å². The molecule has 0 atom stereocenters. The van der Waals surface area contributed by atoms with E-state index in [1.165, 1.54) is 6.07 Å². The van der Waals surface area contributed by atoms with Gasteiger partial charge in [0, 0.05) is 43.1 Å². The van der Waals surface area contributed by atoms with Crippen molar-refractivity contribution in [3.05, 3.63) is 83.7 Å². The molecule has 0 spiro atoms. The van der Waals surface area contributed by atoms with Crippen LogP contribution in [0.3, 0.4) is 0 Å². The summed E-state index contributed by atoms with van der Waals surface area (Å²) in [4.78, 5) is 47.1. The Balaban J connectivity index is 1.21. The second kappa shape index (κ2) is 19.3. The molecule has 11 heteroatoms. The van der Waals surface area contributed by atoms with Crippen LogP contribution in [0.5, 0.6) is 5.75 Å². The third kappa shape index (κ3) is 9.48. The fourth-order valence-electron chi connectivity index (χ4n) is 8.43. The summed E-state index contributed by atoms with van der Waals surface area (Å²) < 4.78 is 21.2. The quantitative estimate of drug-likeness (QED) is 0.193. The lowest BCUT2D eigenvalue weighted by molar-refractivity contribution is -0.120. The van der Waals surface area contributed by atoms with Crippen LogP contribution in [0.1, 0.15) is 75.8 Å². The molecule has 3 N–H and O–H groups in total. The molecule has 0 aliphatic carbocycles. The number of para-hydroxylation sites is 2. The molecule has 6 rings (SSSR count). The molecule has 3 aromatic carbocycles. The van der Waals surface area contributed by atoms with E-state index in [9.17, 15) is 14.4 Å². The highest BCUT2D eigenvalue weighted by Gasteiger charge is 2.32. The molecule has 3 amide bonds. The third-order valence-electron chi connectivity index (χ3n) is 11.2. The summed E-state index contributed by atoms with van der Waals surface area (Å²) in [5.74, 6) is 0.185. The summed E-state index contributed by atoms with van der Waals surface area (Å²) >= 11 is 0. The number of carbonyl (C=O) groups is 3. The number of methoxy groups -OCH3 is 1. The van der Waals surface area contributed by atoms with Gasteiger partial charge in [0.05, 0.1) is 18.5 Å². The van der Waals surface area contributed by atoms with Crippen molar-refractivity contribution < 1.29 is 23.5 Å². The van der Waals surface area contributed by atoms with Gasteiger partial charge in [-0.15, -0.1) is 0 Å². The highest BCUT2D eigenvalue weighted by molar-refractivity contribution is 5.97. The topological polar surface area (TPSA) is 106 Å². The molecule has 0 bridgehead atoms. The van der Waals surface area contributed by atoms with Crippen molar-refractivity contribution >= 4 is 34.8 Å². The first-order chi connectivity index (χ1) is 26.4. The molecule has 10 nitrogen and oxygen atoms in total. The molecule has 54 heavy (non-hydrogen) atoms. The van der Waals surface area contributed by atoms with Gasteiger partial charge in [-0.25, -0.2) is 4.39 Å². The Morgan fingerprint density at radius 1 is 0.648 bits per heavy atom. The third-order valence-corrected chi connectivity index (χ3v) is 11.2. The Kier molecular flexibility index (Phi) is 14.1. The SMILES string of the molecule is CCC(=O)N(c1cccc(CCC(=O)N(c2cccc(CCC(=O)N(c3ccccc3F)C3CCNCC3)c2OC)C2CCNCC2)c1)C1CCNCC1. The predicted molar refractivity (Wildman–Crippen MR) is 213 cm³/mol. The van der Waals surface area contributed by atoms with E-state index in [1.807, 2.05) is 53.1 Å². The van der Waals surface area contributed by atoms with E-state index < -0.39 is 5.82 Å². The van der Waals surface area contributed by atoms with E-state index in [-0.39, 0.29) is 42.3 Å². The number of nitrogens with zero attached hydrogens (tertiary/aromatic N) is 3. The smallest absolute Gasteiger partial charge is 0.227 e. The van der Waals surface area contributed by atoms with Gasteiger partial charge in [-0.2, -0.15) is 0 Å². The van der Waals surface area contributed by atoms with Crippen molar-refractivity contribution in [2.75, 3.05) is 61.1 Å². The maximum absolute atomic E-state index is 15.1. The monoisotopic (exact) mass is 740 g/mol. The van der Waals surface area contributed by atoms with Crippen LogP contribution < -0.4 is 35.4 Å². The van der Waals surface area contributed by atoms with Crippen LogP contribution in [0.2, 0.25) is 0 Å². The van der Waals surface area contributed by atoms with E-state index in [0.717, 1.165) is 94.6 Å². The number of rotatable bonds is 14. The summed E-state index contributed by atoms with van der Waals surface area (Å²) in [6, 6.07) is 20.5. The number of hydrogen-bond acceptors (Lipinski definition) is 7. The average Bonchev–Trinajstić information content (AvgIpc) is 3.21. The first-order valence-electron chi connectivity index (χ1n) is 20.0. The second-order valence-electron chi connectivity index (χ2n) is 14.7. The zero-order valence-corrected chi connectivity index (χ0v) is 32.0. The number of aryl methyl sites for hydroxylation is 2. The van der Waals surface area contributed by atoms with Crippen LogP contribution in [-0.2, 0) is 27.2 Å². The number of amides is 3. The molecule has 3 aliphatic heterocycles. The fraction of sp³-hybridized carbons (Fsp3) is 0.512. The summed E-state index contributed by atoms with van der Waals surface area (Å²) in [6.07, 6.45) is 6.78. The minimum Gasteiger partial charge on any atom is -0.494 e. The molecular weight excluding hydrogens is 684 g/mol. The number of carbonyl (C=O) groups excluding carboxylic acids is 3. The lowest BCUT2D eigenvalue weighted by Gasteiger charge is -2.36. The van der Waals surface area contributed by atoms with Crippen molar-refractivity contribution in [2.24, 2.45) is 0 Å². The number of hydrogen-bond donors (Lipinski definition) is 3. The lowest BCUT2D eigenvalue weighted by atomic mass is 9.99. The van der Waals surface area contributed by atoms with Crippen LogP contribution in [-0.4, -0.2) is 82.2 Å². The van der Waals surface area contributed by atoms with Crippen molar-refractivity contribution in [3.63, 3.8) is 0 Å². The molecule has 3 fully saturated rings. The van der Waals surface area contributed by atoms with E-state index in [4.69, 9.17) is 4.74 Å². The van der Waals surface area contributed by atoms with Crippen molar-refractivity contribution in [3.8, 4) is 5.75 Å². The minimum absolute atomic E-state index is 0.00935. The van der Waals surface area contributed by atoms with Crippen LogP contribution >= 0.6 is 0 Å². The normalized spacial score (nSPS) is 17.2. The van der Waals surface area contributed by atoms with Gasteiger partial charge in [0.25, 0.3) is 0 Å². The standard InChI is InChI=1S/C43H57FN6O4/c1-3-40(51)48(33-18-24-45-25-19-33)36-10-6-8-31(30-36)14-16-41(52)50(35-22-28-47-29-23-35)39-13-7-9-32(43(39)54-2)15-17-42(53)49(34-20-26-46-27-21-34)38-12-5-4-11-37(38)44/h4-13,30,33-35,45-47H,3,14-29H2,1-2H3. The zero-order chi connectivity index (χ0) is 37.9. The Morgan fingerprint density at radius 2 is 1.17 bits per heavy atom. The average molecular weight is 741 g/mol. The van der Waals surface area contributed by atoms with Crippen LogP contribution in [0.15, 0.2) is 66.7 Å². The number of benzene rings is 3. The highest BCUT2D eigenvalue weighted by Crippen LogP contribution is 2.37. The fourth-order valence-corrected chi connectivity index (χ4v) is 8.43. The Morgan fingerprint density at radius 3 is 1.74 bits per heavy atom. The Bertz CT molecular complexity index is 1720. The zero-order valence-electron chi connectivity index (χ0n) is 32.0. The molecule has 3 heterocycles. The van der Waals surface area contributed by atoms with Gasteiger partial charge in [0.2, 0.25) is 17.7 Å². The predicted octanol–water partition coefficient (Wildman–Crippen LogP) is 5.76. The van der Waals surface area contributed by atoms with Gasteiger partial charge in [0.1, 0.15) is 11.6 Å². The molecular formula is C43H57FN6O4. The summed E-state index contributed by atoms with van der Waals surface area (Å²) in [5.41, 5.74) is 3.77. The van der Waals surface area contributed by atoms with E-state index in [2.05, 4.69) is 22.0 Å². The van der Waals surface area contributed by atoms with Gasteiger partial charge >= 0.3 is 0 Å². The number of ether oxygens (including phenoxy) is 1. The molecule has 0 radical (unpaired) electrons. The Hall–Kier alpha value is -4.32. The molecule has 0 aromatic heterocycles. The molecule has 290 valence electrons. The van der Waals surface area contributed by atoms with E-state index in [1.54, 1.807) is 30.2 Å². The van der Waals surface area contributed by atoms with Gasteiger partial charge in [0.15, 0.2) is 0 Å². The van der Waals surface area contributed by atoms with Crippen LogP contribution in [0.25, 0.3) is 0 Å². The molecule has 3 aliphatic rings. The van der Waals surface area contributed by atoms with Gasteiger partial charge in [-0.1, -0.05) is 43.3 Å². The van der Waals surface area contributed by atoms with E-state index in [0.29, 0.717) is 42.8 Å². The molecule has 0 unspecified atom stereocenters. The summed E-state index contributed by atoms with van der Waals surface area (Å²) in [7, 11) is 1.62. The van der Waals surface area contributed by atoms with Crippen molar-refractivity contribution in [1.82, 2.24) is 16.0 Å². The minimum atomic E-state index is -0.402. The number of nitrogens with one attached hydrogen (secondary N) is 3. The van der Waals surface area contributed by atoms with Gasteiger partial charge < -0.3 is 35.4 Å². The lowest BCUT2D eigenvalue weighted by Crippen LogP contribution is -2.47. The number of piperidine rings is 3. The van der Waals surface area contributed by atoms with E-state index >= 15 is 4.39 Å². The van der Waals surface area contributed by atoms with Crippen LogP contribution in [0.4, 0.5) is 21.5 Å². The van der Waals surface area contributed by atoms with Crippen molar-refractivity contribution in [1.29, 1.82) is 0 Å². The van der Waals surface area contributed by atoms with Crippen LogP contribution in [0, 0.1) is 5.82 Å².